The minimum atomic E-state index is -0.166. The summed E-state index contributed by atoms with van der Waals surface area (Å²) in [4.78, 5) is 17.7. The average Bonchev–Trinajstić information content (AvgIpc) is 2.78. The van der Waals surface area contributed by atoms with Crippen molar-refractivity contribution >= 4 is 5.78 Å². The normalized spacial score (nSPS) is 22.0. The summed E-state index contributed by atoms with van der Waals surface area (Å²) in [6, 6.07) is 0.539. The topological polar surface area (TPSA) is 59.2 Å². The van der Waals surface area contributed by atoms with Crippen LogP contribution < -0.4 is 0 Å². The lowest BCUT2D eigenvalue weighted by Crippen LogP contribution is -2.39. The lowest BCUT2D eigenvalue weighted by Gasteiger charge is -2.34. The highest BCUT2D eigenvalue weighted by molar-refractivity contribution is 5.89. The van der Waals surface area contributed by atoms with Crippen molar-refractivity contribution in [3.8, 4) is 0 Å². The van der Waals surface area contributed by atoms with E-state index >= 15 is 0 Å². The summed E-state index contributed by atoms with van der Waals surface area (Å²) >= 11 is 0. The van der Waals surface area contributed by atoms with Gasteiger partial charge >= 0.3 is 0 Å². The molecule has 94 valence electrons. The Bertz CT molecular complexity index is 400. The summed E-state index contributed by atoms with van der Waals surface area (Å²) in [5.41, 5.74) is 0. The third-order valence-corrected chi connectivity index (χ3v) is 3.29. The van der Waals surface area contributed by atoms with Crippen LogP contribution in [-0.4, -0.2) is 40.0 Å². The van der Waals surface area contributed by atoms with E-state index in [1.54, 1.807) is 0 Å². The quantitative estimate of drug-likeness (QED) is 0.751. The van der Waals surface area contributed by atoms with Gasteiger partial charge in [-0.2, -0.15) is 4.98 Å². The molecule has 17 heavy (non-hydrogen) atoms. The number of Topliss-reactive ketones (excluding diaryl/α,β-unsaturated/α-hetero) is 1. The molecule has 2 heterocycles. The number of rotatable bonds is 3. The molecule has 1 aliphatic heterocycles. The van der Waals surface area contributed by atoms with Gasteiger partial charge in [0.05, 0.1) is 0 Å². The van der Waals surface area contributed by atoms with E-state index in [9.17, 15) is 4.79 Å². The molecule has 1 fully saturated rings. The van der Waals surface area contributed by atoms with E-state index in [-0.39, 0.29) is 11.7 Å². The predicted octanol–water partition coefficient (Wildman–Crippen LogP) is 1.86. The summed E-state index contributed by atoms with van der Waals surface area (Å²) in [6.45, 7) is 7.91. The van der Waals surface area contributed by atoms with Gasteiger partial charge in [-0.15, -0.1) is 0 Å². The summed E-state index contributed by atoms with van der Waals surface area (Å²) in [6.07, 6.45) is 2.22. The van der Waals surface area contributed by atoms with Crippen molar-refractivity contribution in [2.45, 2.75) is 45.6 Å². The minimum absolute atomic E-state index is 0.127. The zero-order valence-corrected chi connectivity index (χ0v) is 10.6. The van der Waals surface area contributed by atoms with Crippen molar-refractivity contribution in [2.75, 3.05) is 13.1 Å². The first-order valence-corrected chi connectivity index (χ1v) is 6.16. The fourth-order valence-corrected chi connectivity index (χ4v) is 2.23. The smallest absolute Gasteiger partial charge is 0.293 e. The molecule has 0 aliphatic carbocycles. The van der Waals surface area contributed by atoms with Crippen LogP contribution in [0.15, 0.2) is 4.52 Å². The molecule has 1 aliphatic rings. The molecule has 0 radical (unpaired) electrons. The molecular weight excluding hydrogens is 218 g/mol. The van der Waals surface area contributed by atoms with E-state index < -0.39 is 0 Å². The number of aromatic nitrogens is 2. The van der Waals surface area contributed by atoms with Crippen molar-refractivity contribution in [3.63, 3.8) is 0 Å². The van der Waals surface area contributed by atoms with Gasteiger partial charge in [-0.3, -0.25) is 4.79 Å². The maximum Gasteiger partial charge on any atom is 0.293 e. The molecule has 0 aromatic carbocycles. The molecule has 0 N–H and O–H groups in total. The van der Waals surface area contributed by atoms with Gasteiger partial charge in [-0.1, -0.05) is 5.16 Å². The maximum atomic E-state index is 11.1. The highest BCUT2D eigenvalue weighted by Crippen LogP contribution is 2.25. The van der Waals surface area contributed by atoms with Gasteiger partial charge in [0, 0.05) is 25.4 Å². The monoisotopic (exact) mass is 237 g/mol. The Morgan fingerprint density at radius 3 is 2.88 bits per heavy atom. The highest BCUT2D eigenvalue weighted by Gasteiger charge is 2.26. The van der Waals surface area contributed by atoms with Gasteiger partial charge < -0.3 is 9.42 Å². The van der Waals surface area contributed by atoms with E-state index in [0.717, 1.165) is 25.9 Å². The van der Waals surface area contributed by atoms with Crippen LogP contribution in [0.3, 0.4) is 0 Å². The molecule has 1 aromatic heterocycles. The number of ketones is 1. The van der Waals surface area contributed by atoms with Crippen LogP contribution >= 0.6 is 0 Å². The molecule has 0 saturated carbocycles. The SMILES string of the molecule is CC(=O)c1nc(C2CCCN(C(C)C)C2)no1. The molecule has 5 nitrogen and oxygen atoms in total. The number of nitrogens with zero attached hydrogens (tertiary/aromatic N) is 3. The lowest BCUT2D eigenvalue weighted by molar-refractivity contribution is 0.0972. The van der Waals surface area contributed by atoms with Crippen LogP contribution in [0.2, 0.25) is 0 Å². The number of hydrogen-bond donors (Lipinski definition) is 0. The fraction of sp³-hybridized carbons (Fsp3) is 0.750. The molecule has 1 unspecified atom stereocenters. The van der Waals surface area contributed by atoms with Gasteiger partial charge in [0.15, 0.2) is 5.82 Å². The number of carbonyl (C=O) groups excluding carboxylic acids is 1. The van der Waals surface area contributed by atoms with E-state index in [1.807, 2.05) is 0 Å². The zero-order chi connectivity index (χ0) is 12.4. The van der Waals surface area contributed by atoms with Crippen LogP contribution in [0.5, 0.6) is 0 Å². The molecule has 0 amide bonds. The number of hydrogen-bond acceptors (Lipinski definition) is 5. The third kappa shape index (κ3) is 2.72. The molecular formula is C12H19N3O2. The van der Waals surface area contributed by atoms with E-state index in [0.29, 0.717) is 17.8 Å². The second-order valence-corrected chi connectivity index (χ2v) is 4.94. The third-order valence-electron chi connectivity index (χ3n) is 3.29. The highest BCUT2D eigenvalue weighted by atomic mass is 16.5. The largest absolute Gasteiger partial charge is 0.331 e. The van der Waals surface area contributed by atoms with Gasteiger partial charge in [0.2, 0.25) is 5.78 Å². The molecule has 1 atom stereocenters. The van der Waals surface area contributed by atoms with Crippen molar-refractivity contribution < 1.29 is 9.32 Å². The summed E-state index contributed by atoms with van der Waals surface area (Å²) in [5.74, 6) is 0.936. The van der Waals surface area contributed by atoms with Crippen molar-refractivity contribution in [3.05, 3.63) is 11.7 Å². The Labute approximate surface area is 101 Å². The van der Waals surface area contributed by atoms with E-state index in [4.69, 9.17) is 4.52 Å². The molecule has 0 bridgehead atoms. The Morgan fingerprint density at radius 2 is 2.29 bits per heavy atom. The number of piperidine rings is 1. The summed E-state index contributed by atoms with van der Waals surface area (Å²) < 4.78 is 4.95. The van der Waals surface area contributed by atoms with Crippen LogP contribution in [0.1, 0.15) is 56.0 Å². The van der Waals surface area contributed by atoms with Gasteiger partial charge in [-0.05, 0) is 33.2 Å². The summed E-state index contributed by atoms with van der Waals surface area (Å²) in [7, 11) is 0. The number of carbonyl (C=O) groups is 1. The fourth-order valence-electron chi connectivity index (χ4n) is 2.23. The van der Waals surface area contributed by atoms with Crippen LogP contribution in [0.4, 0.5) is 0 Å². The first kappa shape index (κ1) is 12.2. The van der Waals surface area contributed by atoms with Crippen LogP contribution in [-0.2, 0) is 0 Å². The van der Waals surface area contributed by atoms with Crippen molar-refractivity contribution in [1.82, 2.24) is 15.0 Å². The van der Waals surface area contributed by atoms with Crippen LogP contribution in [0.25, 0.3) is 0 Å². The summed E-state index contributed by atoms with van der Waals surface area (Å²) in [5, 5.41) is 3.92. The zero-order valence-electron chi connectivity index (χ0n) is 10.6. The number of likely N-dealkylation sites (tertiary alicyclic amines) is 1. The average molecular weight is 237 g/mol. The molecule has 1 saturated heterocycles. The van der Waals surface area contributed by atoms with Gasteiger partial charge in [0.25, 0.3) is 5.89 Å². The van der Waals surface area contributed by atoms with Crippen molar-refractivity contribution in [2.24, 2.45) is 0 Å². The Morgan fingerprint density at radius 1 is 1.53 bits per heavy atom. The Balaban J connectivity index is 2.08. The second kappa shape index (κ2) is 4.96. The molecule has 2 rings (SSSR count). The van der Waals surface area contributed by atoms with E-state index in [2.05, 4.69) is 28.9 Å². The Hall–Kier alpha value is -1.23. The van der Waals surface area contributed by atoms with E-state index in [1.165, 1.54) is 6.92 Å². The predicted molar refractivity (Wildman–Crippen MR) is 63.0 cm³/mol. The molecule has 0 spiro atoms. The second-order valence-electron chi connectivity index (χ2n) is 4.94. The Kier molecular flexibility index (Phi) is 3.57. The lowest BCUT2D eigenvalue weighted by atomic mass is 9.96. The van der Waals surface area contributed by atoms with Crippen LogP contribution in [0, 0.1) is 0 Å². The molecule has 5 heteroatoms. The minimum Gasteiger partial charge on any atom is -0.331 e. The maximum absolute atomic E-state index is 11.1. The van der Waals surface area contributed by atoms with Crippen molar-refractivity contribution in [1.29, 1.82) is 0 Å². The first-order chi connectivity index (χ1) is 8.08. The molecule has 1 aromatic rings. The first-order valence-electron chi connectivity index (χ1n) is 6.16. The van der Waals surface area contributed by atoms with Gasteiger partial charge in [-0.25, -0.2) is 0 Å². The van der Waals surface area contributed by atoms with Gasteiger partial charge in [0.1, 0.15) is 0 Å². The standard InChI is InChI=1S/C12H19N3O2/c1-8(2)15-6-4-5-10(7-15)11-13-12(9(3)16)17-14-11/h8,10H,4-7H2,1-3H3.